The minimum atomic E-state index is 0.752. The van der Waals surface area contributed by atoms with E-state index < -0.39 is 0 Å². The van der Waals surface area contributed by atoms with Crippen molar-refractivity contribution in [3.63, 3.8) is 0 Å². The Morgan fingerprint density at radius 1 is 1.62 bits per heavy atom. The second-order valence-corrected chi connectivity index (χ2v) is 4.60. The van der Waals surface area contributed by atoms with E-state index in [0.29, 0.717) is 0 Å². The normalized spacial score (nSPS) is 27.8. The lowest BCUT2D eigenvalue weighted by Gasteiger charge is -2.37. The molecule has 1 N–H and O–H groups in total. The van der Waals surface area contributed by atoms with Crippen molar-refractivity contribution in [2.24, 2.45) is 5.92 Å². The molecule has 1 unspecified atom stereocenters. The zero-order valence-electron chi connectivity index (χ0n) is 8.71. The van der Waals surface area contributed by atoms with Gasteiger partial charge in [-0.3, -0.25) is 0 Å². The predicted octanol–water partition coefficient (Wildman–Crippen LogP) is 2.29. The van der Waals surface area contributed by atoms with Gasteiger partial charge in [-0.1, -0.05) is 13.8 Å². The molecule has 0 aromatic carbocycles. The van der Waals surface area contributed by atoms with Crippen LogP contribution >= 0.6 is 0 Å². The molecule has 0 aromatic rings. The first-order valence-electron chi connectivity index (χ1n) is 5.49. The molecule has 0 saturated carbocycles. The van der Waals surface area contributed by atoms with Crippen LogP contribution < -0.4 is 5.43 Å². The van der Waals surface area contributed by atoms with E-state index in [-0.39, 0.29) is 0 Å². The molecule has 0 aliphatic carbocycles. The van der Waals surface area contributed by atoms with Crippen molar-refractivity contribution in [2.75, 3.05) is 6.54 Å². The summed E-state index contributed by atoms with van der Waals surface area (Å²) in [5, 5.41) is 2.42. The van der Waals surface area contributed by atoms with Gasteiger partial charge in [0.2, 0.25) is 0 Å². The predicted molar refractivity (Wildman–Crippen MR) is 55.0 cm³/mol. The Balaban J connectivity index is 1.99. The first-order chi connectivity index (χ1) is 6.27. The molecule has 0 amide bonds. The van der Waals surface area contributed by atoms with E-state index >= 15 is 0 Å². The highest BCUT2D eigenvalue weighted by atomic mass is 15.5. The quantitative estimate of drug-likeness (QED) is 0.701. The van der Waals surface area contributed by atoms with Gasteiger partial charge >= 0.3 is 0 Å². The molecule has 1 atom stereocenters. The Kier molecular flexibility index (Phi) is 2.58. The fraction of sp³-hybridized carbons (Fsp3) is 0.818. The van der Waals surface area contributed by atoms with Crippen LogP contribution in [0.5, 0.6) is 0 Å². The average molecular weight is 180 g/mol. The van der Waals surface area contributed by atoms with Gasteiger partial charge in [-0.15, -0.1) is 0 Å². The summed E-state index contributed by atoms with van der Waals surface area (Å²) in [6.45, 7) is 5.67. The van der Waals surface area contributed by atoms with Crippen LogP contribution in [-0.2, 0) is 0 Å². The SMILES string of the molecule is CC(C)CC1CCCC2=CCNN21. The standard InChI is InChI=1S/C11H20N2/c1-9(2)8-11-5-3-4-10-6-7-12-13(10)11/h6,9,11-12H,3-5,7-8H2,1-2H3. The third kappa shape index (κ3) is 1.88. The molecule has 74 valence electrons. The molecule has 2 heterocycles. The van der Waals surface area contributed by atoms with E-state index in [1.165, 1.54) is 31.4 Å². The van der Waals surface area contributed by atoms with Crippen LogP contribution in [-0.4, -0.2) is 17.6 Å². The van der Waals surface area contributed by atoms with E-state index in [0.717, 1.165) is 18.5 Å². The lowest BCUT2D eigenvalue weighted by Crippen LogP contribution is -2.43. The number of fused-ring (bicyclic) bond motifs is 1. The Labute approximate surface area is 81.0 Å². The number of hydrogen-bond donors (Lipinski definition) is 1. The van der Waals surface area contributed by atoms with Crippen LogP contribution in [0.25, 0.3) is 0 Å². The van der Waals surface area contributed by atoms with Gasteiger partial charge in [0.15, 0.2) is 0 Å². The van der Waals surface area contributed by atoms with Crippen molar-refractivity contribution in [3.8, 4) is 0 Å². The number of nitrogens with zero attached hydrogens (tertiary/aromatic N) is 1. The molecule has 2 rings (SSSR count). The summed E-state index contributed by atoms with van der Waals surface area (Å²) in [7, 11) is 0. The fourth-order valence-electron chi connectivity index (χ4n) is 2.46. The zero-order chi connectivity index (χ0) is 9.26. The highest BCUT2D eigenvalue weighted by Crippen LogP contribution is 2.29. The second kappa shape index (κ2) is 3.70. The summed E-state index contributed by atoms with van der Waals surface area (Å²) in [5.41, 5.74) is 4.99. The van der Waals surface area contributed by atoms with Crippen LogP contribution in [0.3, 0.4) is 0 Å². The van der Waals surface area contributed by atoms with Crippen molar-refractivity contribution < 1.29 is 0 Å². The lowest BCUT2D eigenvalue weighted by atomic mass is 9.94. The van der Waals surface area contributed by atoms with Crippen LogP contribution in [0.15, 0.2) is 11.8 Å². The Hall–Kier alpha value is -0.500. The molecule has 2 aliphatic rings. The molecular weight excluding hydrogens is 160 g/mol. The fourth-order valence-corrected chi connectivity index (χ4v) is 2.46. The minimum Gasteiger partial charge on any atom is -0.309 e. The lowest BCUT2D eigenvalue weighted by molar-refractivity contribution is 0.137. The van der Waals surface area contributed by atoms with Crippen molar-refractivity contribution in [2.45, 2.75) is 45.6 Å². The third-order valence-electron chi connectivity index (χ3n) is 2.99. The van der Waals surface area contributed by atoms with E-state index in [1.807, 2.05) is 0 Å². The third-order valence-corrected chi connectivity index (χ3v) is 2.99. The first-order valence-corrected chi connectivity index (χ1v) is 5.49. The van der Waals surface area contributed by atoms with E-state index in [2.05, 4.69) is 30.4 Å². The zero-order valence-corrected chi connectivity index (χ0v) is 8.71. The maximum Gasteiger partial charge on any atom is 0.0453 e. The summed E-state index contributed by atoms with van der Waals surface area (Å²) in [5.74, 6) is 0.812. The molecule has 1 saturated heterocycles. The van der Waals surface area contributed by atoms with Crippen LogP contribution in [0.1, 0.15) is 39.5 Å². The van der Waals surface area contributed by atoms with Gasteiger partial charge in [-0.2, -0.15) is 0 Å². The van der Waals surface area contributed by atoms with E-state index in [4.69, 9.17) is 0 Å². The molecule has 2 aliphatic heterocycles. The highest BCUT2D eigenvalue weighted by Gasteiger charge is 2.27. The molecule has 0 aromatic heterocycles. The van der Waals surface area contributed by atoms with Gasteiger partial charge in [-0.05, 0) is 37.7 Å². The average Bonchev–Trinajstić information content (AvgIpc) is 2.51. The number of hydrogen-bond acceptors (Lipinski definition) is 2. The summed E-state index contributed by atoms with van der Waals surface area (Å²) < 4.78 is 0. The molecule has 0 spiro atoms. The van der Waals surface area contributed by atoms with Crippen molar-refractivity contribution in [3.05, 3.63) is 11.8 Å². The summed E-state index contributed by atoms with van der Waals surface area (Å²) in [4.78, 5) is 0. The van der Waals surface area contributed by atoms with Crippen molar-refractivity contribution >= 4 is 0 Å². The van der Waals surface area contributed by atoms with Crippen LogP contribution in [0.4, 0.5) is 0 Å². The largest absolute Gasteiger partial charge is 0.309 e. The molecule has 2 nitrogen and oxygen atoms in total. The second-order valence-electron chi connectivity index (χ2n) is 4.60. The molecule has 13 heavy (non-hydrogen) atoms. The van der Waals surface area contributed by atoms with Crippen LogP contribution in [0, 0.1) is 5.92 Å². The molecule has 0 bridgehead atoms. The number of hydrazine groups is 1. The number of allylic oxidation sites excluding steroid dienone is 1. The molecule has 0 radical (unpaired) electrons. The van der Waals surface area contributed by atoms with Crippen molar-refractivity contribution in [1.82, 2.24) is 10.4 Å². The topological polar surface area (TPSA) is 15.3 Å². The van der Waals surface area contributed by atoms with Crippen molar-refractivity contribution in [1.29, 1.82) is 0 Å². The van der Waals surface area contributed by atoms with Gasteiger partial charge in [0.05, 0.1) is 0 Å². The maximum atomic E-state index is 3.45. The van der Waals surface area contributed by atoms with Gasteiger partial charge in [-0.25, -0.2) is 5.43 Å². The smallest absolute Gasteiger partial charge is 0.0453 e. The first kappa shape index (κ1) is 9.07. The summed E-state index contributed by atoms with van der Waals surface area (Å²) in [6.07, 6.45) is 7.68. The van der Waals surface area contributed by atoms with Gasteiger partial charge in [0, 0.05) is 18.3 Å². The minimum absolute atomic E-state index is 0.752. The van der Waals surface area contributed by atoms with Gasteiger partial charge in [0.25, 0.3) is 0 Å². The Bertz CT molecular complexity index is 208. The molecule has 2 heteroatoms. The number of nitrogens with one attached hydrogen (secondary N) is 1. The van der Waals surface area contributed by atoms with Gasteiger partial charge in [0.1, 0.15) is 0 Å². The van der Waals surface area contributed by atoms with Gasteiger partial charge < -0.3 is 5.01 Å². The molecular formula is C11H20N2. The summed E-state index contributed by atoms with van der Waals surface area (Å²) in [6, 6.07) is 0.752. The number of piperidine rings is 1. The Morgan fingerprint density at radius 3 is 3.23 bits per heavy atom. The molecule has 1 fully saturated rings. The van der Waals surface area contributed by atoms with Crippen LogP contribution in [0.2, 0.25) is 0 Å². The highest BCUT2D eigenvalue weighted by molar-refractivity contribution is 5.10. The monoisotopic (exact) mass is 180 g/mol. The maximum absolute atomic E-state index is 3.45. The Morgan fingerprint density at radius 2 is 2.46 bits per heavy atom. The van der Waals surface area contributed by atoms with E-state index in [1.54, 1.807) is 0 Å². The summed E-state index contributed by atoms with van der Waals surface area (Å²) >= 11 is 0. The number of rotatable bonds is 2. The van der Waals surface area contributed by atoms with E-state index in [9.17, 15) is 0 Å².